The molecule has 1 N–H and O–H groups in total. The molecular weight excluding hydrogens is 490 g/mol. The molecule has 0 radical (unpaired) electrons. The van der Waals surface area contributed by atoms with E-state index in [2.05, 4.69) is 46.4 Å². The Morgan fingerprint density at radius 3 is 2.38 bits per heavy atom. The van der Waals surface area contributed by atoms with Gasteiger partial charge in [0, 0.05) is 25.6 Å². The van der Waals surface area contributed by atoms with Crippen molar-refractivity contribution in [3.05, 3.63) is 47.9 Å². The quantitative estimate of drug-likeness (QED) is 0.395. The van der Waals surface area contributed by atoms with Crippen LogP contribution in [0.2, 0.25) is 0 Å². The van der Waals surface area contributed by atoms with Crippen molar-refractivity contribution >= 4 is 27.9 Å². The fourth-order valence-corrected chi connectivity index (χ4v) is 5.88. The molecule has 3 aromatic heterocycles. The van der Waals surface area contributed by atoms with Crippen LogP contribution in [-0.4, -0.2) is 79.5 Å². The van der Waals surface area contributed by atoms with E-state index in [1.54, 1.807) is 0 Å². The zero-order valence-corrected chi connectivity index (χ0v) is 23.5. The summed E-state index contributed by atoms with van der Waals surface area (Å²) in [5.74, 6) is 2.98. The largest absolute Gasteiger partial charge is 0.390 e. The SMILES string of the molecule is CC(C)c1nc2ccccc2n1-c1nc(N2CCOCC2)c2nc(CN3CCC(C(C)(C)O)CC3)ccc2n1. The van der Waals surface area contributed by atoms with Gasteiger partial charge in [0.1, 0.15) is 11.3 Å². The van der Waals surface area contributed by atoms with Crippen LogP contribution in [0.25, 0.3) is 28.0 Å². The summed E-state index contributed by atoms with van der Waals surface area (Å²) < 4.78 is 7.76. The van der Waals surface area contributed by atoms with Gasteiger partial charge in [-0.1, -0.05) is 26.0 Å². The molecule has 206 valence electrons. The van der Waals surface area contributed by atoms with Crippen molar-refractivity contribution in [1.29, 1.82) is 0 Å². The number of hydrogen-bond acceptors (Lipinski definition) is 8. The van der Waals surface area contributed by atoms with Crippen LogP contribution in [-0.2, 0) is 11.3 Å². The van der Waals surface area contributed by atoms with Crippen LogP contribution in [0.15, 0.2) is 36.4 Å². The number of hydrogen-bond donors (Lipinski definition) is 1. The van der Waals surface area contributed by atoms with Gasteiger partial charge in [-0.3, -0.25) is 9.47 Å². The number of nitrogens with zero attached hydrogens (tertiary/aromatic N) is 7. The van der Waals surface area contributed by atoms with E-state index in [0.717, 1.165) is 85.0 Å². The number of aromatic nitrogens is 5. The molecule has 0 bridgehead atoms. The zero-order chi connectivity index (χ0) is 27.1. The third-order valence-corrected chi connectivity index (χ3v) is 8.16. The van der Waals surface area contributed by atoms with Crippen LogP contribution in [0.5, 0.6) is 0 Å². The molecule has 39 heavy (non-hydrogen) atoms. The van der Waals surface area contributed by atoms with Crippen molar-refractivity contribution < 1.29 is 9.84 Å². The Bertz CT molecular complexity index is 1460. The monoisotopic (exact) mass is 529 g/mol. The number of aliphatic hydroxyl groups is 1. The fraction of sp³-hybridized carbons (Fsp3) is 0.533. The summed E-state index contributed by atoms with van der Waals surface area (Å²) in [6.45, 7) is 13.7. The third kappa shape index (κ3) is 5.23. The number of piperidine rings is 1. The number of ether oxygens (including phenoxy) is 1. The Balaban J connectivity index is 1.39. The molecule has 0 atom stereocenters. The Hall–Kier alpha value is -3.14. The lowest BCUT2D eigenvalue weighted by Crippen LogP contribution is -2.41. The number of imidazole rings is 1. The second kappa shape index (κ2) is 10.4. The molecule has 0 amide bonds. The number of morpholine rings is 1. The van der Waals surface area contributed by atoms with Crippen LogP contribution in [0.3, 0.4) is 0 Å². The smallest absolute Gasteiger partial charge is 0.238 e. The first kappa shape index (κ1) is 26.1. The molecule has 2 saturated heterocycles. The van der Waals surface area contributed by atoms with Crippen molar-refractivity contribution in [2.45, 2.75) is 58.6 Å². The van der Waals surface area contributed by atoms with Crippen molar-refractivity contribution in [2.24, 2.45) is 5.92 Å². The normalized spacial score (nSPS) is 18.1. The van der Waals surface area contributed by atoms with Gasteiger partial charge in [-0.15, -0.1) is 0 Å². The summed E-state index contributed by atoms with van der Waals surface area (Å²) in [4.78, 5) is 25.0. The highest BCUT2D eigenvalue weighted by Gasteiger charge is 2.30. The van der Waals surface area contributed by atoms with Crippen molar-refractivity contribution in [3.63, 3.8) is 0 Å². The number of likely N-dealkylation sites (tertiary alicyclic amines) is 1. The molecule has 5 heterocycles. The van der Waals surface area contributed by atoms with Gasteiger partial charge >= 0.3 is 0 Å². The Morgan fingerprint density at radius 2 is 1.67 bits per heavy atom. The average Bonchev–Trinajstić information content (AvgIpc) is 3.33. The van der Waals surface area contributed by atoms with Crippen LogP contribution in [0, 0.1) is 5.92 Å². The Morgan fingerprint density at radius 1 is 0.923 bits per heavy atom. The molecule has 4 aromatic rings. The number of benzene rings is 1. The van der Waals surface area contributed by atoms with Crippen LogP contribution in [0.1, 0.15) is 58.0 Å². The first-order chi connectivity index (χ1) is 18.8. The van der Waals surface area contributed by atoms with E-state index in [1.807, 2.05) is 32.0 Å². The van der Waals surface area contributed by atoms with E-state index in [1.165, 1.54) is 0 Å². The maximum Gasteiger partial charge on any atom is 0.238 e. The summed E-state index contributed by atoms with van der Waals surface area (Å²) in [6.07, 6.45) is 2.00. The molecule has 1 aromatic carbocycles. The predicted octanol–water partition coefficient (Wildman–Crippen LogP) is 4.31. The van der Waals surface area contributed by atoms with Crippen molar-refractivity contribution in [1.82, 2.24) is 29.4 Å². The standard InChI is InChI=1S/C30H39N7O2/c1-20(2)27-32-23-7-5-6-8-25(23)37(27)29-33-24-10-9-22(19-35-13-11-21(12-14-35)30(3,4)38)31-26(24)28(34-29)36-15-17-39-18-16-36/h5-10,20-21,38H,11-19H2,1-4H3. The van der Waals surface area contributed by atoms with E-state index < -0.39 is 5.60 Å². The molecule has 6 rings (SSSR count). The van der Waals surface area contributed by atoms with E-state index in [-0.39, 0.29) is 5.92 Å². The first-order valence-electron chi connectivity index (χ1n) is 14.2. The van der Waals surface area contributed by atoms with Gasteiger partial charge in [0.2, 0.25) is 5.95 Å². The number of pyridine rings is 1. The van der Waals surface area contributed by atoms with Gasteiger partial charge < -0.3 is 14.7 Å². The molecule has 2 aliphatic heterocycles. The molecule has 0 saturated carbocycles. The fourth-order valence-electron chi connectivity index (χ4n) is 5.88. The molecule has 0 unspecified atom stereocenters. The summed E-state index contributed by atoms with van der Waals surface area (Å²) in [5, 5.41) is 10.4. The van der Waals surface area contributed by atoms with Gasteiger partial charge in [0.25, 0.3) is 0 Å². The van der Waals surface area contributed by atoms with Gasteiger partial charge in [-0.2, -0.15) is 4.98 Å². The average molecular weight is 530 g/mol. The number of rotatable bonds is 6. The number of fused-ring (bicyclic) bond motifs is 2. The third-order valence-electron chi connectivity index (χ3n) is 8.16. The van der Waals surface area contributed by atoms with Crippen LogP contribution in [0.4, 0.5) is 5.82 Å². The molecule has 9 nitrogen and oxygen atoms in total. The maximum atomic E-state index is 10.4. The second-order valence-electron chi connectivity index (χ2n) is 11.8. The minimum atomic E-state index is -0.620. The van der Waals surface area contributed by atoms with Crippen LogP contribution >= 0.6 is 0 Å². The topological polar surface area (TPSA) is 92.4 Å². The highest BCUT2D eigenvalue weighted by molar-refractivity contribution is 5.87. The summed E-state index contributed by atoms with van der Waals surface area (Å²) in [7, 11) is 0. The summed E-state index contributed by atoms with van der Waals surface area (Å²) in [6, 6.07) is 12.4. The van der Waals surface area contributed by atoms with E-state index >= 15 is 0 Å². The summed E-state index contributed by atoms with van der Waals surface area (Å²) >= 11 is 0. The lowest BCUT2D eigenvalue weighted by molar-refractivity contribution is -0.0137. The zero-order valence-electron chi connectivity index (χ0n) is 23.5. The van der Waals surface area contributed by atoms with E-state index in [0.29, 0.717) is 25.1 Å². The van der Waals surface area contributed by atoms with Crippen molar-refractivity contribution in [2.75, 3.05) is 44.3 Å². The van der Waals surface area contributed by atoms with Gasteiger partial charge in [0.15, 0.2) is 5.82 Å². The van der Waals surface area contributed by atoms with Gasteiger partial charge in [0.05, 0.1) is 41.1 Å². The summed E-state index contributed by atoms with van der Waals surface area (Å²) in [5.41, 5.74) is 4.02. The molecular formula is C30H39N7O2. The number of para-hydroxylation sites is 2. The van der Waals surface area contributed by atoms with Crippen LogP contribution < -0.4 is 4.90 Å². The second-order valence-corrected chi connectivity index (χ2v) is 11.8. The lowest BCUT2D eigenvalue weighted by Gasteiger charge is -2.37. The minimum absolute atomic E-state index is 0.213. The molecule has 0 aliphatic carbocycles. The highest BCUT2D eigenvalue weighted by atomic mass is 16.5. The predicted molar refractivity (Wildman–Crippen MR) is 153 cm³/mol. The van der Waals surface area contributed by atoms with Gasteiger partial charge in [-0.05, 0) is 70.0 Å². The molecule has 9 heteroatoms. The molecule has 2 fully saturated rings. The van der Waals surface area contributed by atoms with Crippen molar-refractivity contribution in [3.8, 4) is 5.95 Å². The van der Waals surface area contributed by atoms with E-state index in [9.17, 15) is 5.11 Å². The minimum Gasteiger partial charge on any atom is -0.390 e. The molecule has 2 aliphatic rings. The Labute approximate surface area is 229 Å². The molecule has 0 spiro atoms. The highest BCUT2D eigenvalue weighted by Crippen LogP contribution is 2.31. The lowest BCUT2D eigenvalue weighted by atomic mass is 9.83. The number of anilines is 1. The Kier molecular flexibility index (Phi) is 6.99. The van der Waals surface area contributed by atoms with Gasteiger partial charge in [-0.25, -0.2) is 15.0 Å². The first-order valence-corrected chi connectivity index (χ1v) is 14.2. The van der Waals surface area contributed by atoms with E-state index in [4.69, 9.17) is 24.7 Å². The maximum absolute atomic E-state index is 10.4.